The summed E-state index contributed by atoms with van der Waals surface area (Å²) >= 11 is 0. The van der Waals surface area contributed by atoms with Crippen LogP contribution in [0.1, 0.15) is 44.9 Å². The first-order chi connectivity index (χ1) is 9.04. The van der Waals surface area contributed by atoms with Crippen LogP contribution in [0, 0.1) is 0 Å². The molecule has 1 rings (SSSR count). The molecule has 0 aliphatic heterocycles. The van der Waals surface area contributed by atoms with Crippen molar-refractivity contribution in [2.45, 2.75) is 46.6 Å². The lowest BCUT2D eigenvalue weighted by Gasteiger charge is -2.13. The van der Waals surface area contributed by atoms with Crippen molar-refractivity contribution in [3.05, 3.63) is 23.4 Å². The van der Waals surface area contributed by atoms with E-state index in [1.807, 2.05) is 39.8 Å². The summed E-state index contributed by atoms with van der Waals surface area (Å²) < 4.78 is 34.2. The van der Waals surface area contributed by atoms with Gasteiger partial charge in [0, 0.05) is 12.7 Å². The number of hydrogen-bond donors (Lipinski definition) is 0. The molecule has 0 aromatic carbocycles. The van der Waals surface area contributed by atoms with E-state index in [0.717, 1.165) is 5.56 Å². The molecule has 0 saturated heterocycles. The minimum atomic E-state index is -2.50. The topological polar surface area (TPSA) is 31.4 Å². The van der Waals surface area contributed by atoms with Crippen LogP contribution in [0.2, 0.25) is 0 Å². The Morgan fingerprint density at radius 2 is 1.84 bits per heavy atom. The van der Waals surface area contributed by atoms with Crippen molar-refractivity contribution in [3.63, 3.8) is 0 Å². The summed E-state index contributed by atoms with van der Waals surface area (Å²) in [6.07, 6.45) is -2.50. The molecule has 19 heavy (non-hydrogen) atoms. The van der Waals surface area contributed by atoms with Gasteiger partial charge in [-0.1, -0.05) is 33.8 Å². The van der Waals surface area contributed by atoms with E-state index in [2.05, 4.69) is 4.98 Å². The van der Waals surface area contributed by atoms with Crippen molar-refractivity contribution >= 4 is 0 Å². The zero-order chi connectivity index (χ0) is 14.8. The van der Waals surface area contributed by atoms with E-state index < -0.39 is 13.0 Å². The molecular formula is C14H23F2NO2. The summed E-state index contributed by atoms with van der Waals surface area (Å²) in [4.78, 5) is 4.18. The second kappa shape index (κ2) is 9.67. The van der Waals surface area contributed by atoms with Gasteiger partial charge in [0.05, 0.1) is 12.3 Å². The zero-order valence-corrected chi connectivity index (χ0v) is 12.2. The molecule has 110 valence electrons. The lowest BCUT2D eigenvalue weighted by Crippen LogP contribution is -2.11. The summed E-state index contributed by atoms with van der Waals surface area (Å²) in [5.41, 5.74) is 1.49. The molecule has 0 fully saturated rings. The molecule has 0 radical (unpaired) electrons. The lowest BCUT2D eigenvalue weighted by molar-refractivity contribution is 0.0784. The molecular weight excluding hydrogens is 252 g/mol. The van der Waals surface area contributed by atoms with Gasteiger partial charge in [0.25, 0.3) is 6.43 Å². The van der Waals surface area contributed by atoms with Gasteiger partial charge in [0.1, 0.15) is 0 Å². The normalized spacial score (nSPS) is 10.4. The number of halogens is 2. The Labute approximate surface area is 113 Å². The predicted octanol–water partition coefficient (Wildman–Crippen LogP) is 4.02. The average Bonchev–Trinajstić information content (AvgIpc) is 2.39. The summed E-state index contributed by atoms with van der Waals surface area (Å²) in [6.45, 7) is 7.62. The van der Waals surface area contributed by atoms with Crippen LogP contribution < -0.4 is 4.74 Å². The van der Waals surface area contributed by atoms with Crippen LogP contribution in [0.3, 0.4) is 0 Å². The Kier molecular flexibility index (Phi) is 9.04. The van der Waals surface area contributed by atoms with Crippen molar-refractivity contribution < 1.29 is 18.3 Å². The molecule has 0 N–H and O–H groups in total. The Morgan fingerprint density at radius 3 is 2.32 bits per heavy atom. The van der Waals surface area contributed by atoms with Gasteiger partial charge in [-0.25, -0.2) is 13.8 Å². The molecule has 0 saturated carbocycles. The van der Waals surface area contributed by atoms with Crippen molar-refractivity contribution in [2.24, 2.45) is 0 Å². The van der Waals surface area contributed by atoms with Gasteiger partial charge in [-0.05, 0) is 12.0 Å². The van der Waals surface area contributed by atoms with Crippen molar-refractivity contribution in [2.75, 3.05) is 13.7 Å². The zero-order valence-electron chi connectivity index (χ0n) is 12.2. The largest absolute Gasteiger partial charge is 0.471 e. The number of pyridine rings is 1. The third-order valence-corrected chi connectivity index (χ3v) is 2.21. The molecule has 1 aromatic rings. The fourth-order valence-corrected chi connectivity index (χ4v) is 1.41. The molecule has 1 aromatic heterocycles. The van der Waals surface area contributed by atoms with Gasteiger partial charge >= 0.3 is 0 Å². The molecule has 5 heteroatoms. The van der Waals surface area contributed by atoms with E-state index in [-0.39, 0.29) is 11.8 Å². The van der Waals surface area contributed by atoms with Crippen molar-refractivity contribution in [1.82, 2.24) is 4.98 Å². The summed E-state index contributed by atoms with van der Waals surface area (Å²) in [5, 5.41) is 0. The van der Waals surface area contributed by atoms with Crippen LogP contribution in [0.25, 0.3) is 0 Å². The molecule has 0 aliphatic rings. The van der Waals surface area contributed by atoms with Gasteiger partial charge in [0.15, 0.2) is 6.61 Å². The SMILES string of the molecule is CC.COCc1ccc(C(C)C)c(OCC(F)F)n1. The molecule has 0 spiro atoms. The van der Waals surface area contributed by atoms with Gasteiger partial charge in [-0.2, -0.15) is 0 Å². The Bertz CT molecular complexity index is 357. The quantitative estimate of drug-likeness (QED) is 0.785. The number of methoxy groups -OCH3 is 1. The van der Waals surface area contributed by atoms with E-state index in [0.29, 0.717) is 12.3 Å². The van der Waals surface area contributed by atoms with Crippen molar-refractivity contribution in [1.29, 1.82) is 0 Å². The summed E-state index contributed by atoms with van der Waals surface area (Å²) in [7, 11) is 1.55. The Hall–Kier alpha value is -1.23. The molecule has 3 nitrogen and oxygen atoms in total. The second-order valence-corrected chi connectivity index (χ2v) is 3.99. The third-order valence-electron chi connectivity index (χ3n) is 2.21. The lowest BCUT2D eigenvalue weighted by atomic mass is 10.0. The van der Waals surface area contributed by atoms with Crippen LogP contribution in [0.15, 0.2) is 12.1 Å². The van der Waals surface area contributed by atoms with Gasteiger partial charge < -0.3 is 9.47 Å². The molecule has 0 amide bonds. The van der Waals surface area contributed by atoms with E-state index in [4.69, 9.17) is 9.47 Å². The maximum atomic E-state index is 12.1. The average molecular weight is 275 g/mol. The first kappa shape index (κ1) is 17.8. The third kappa shape index (κ3) is 6.47. The van der Waals surface area contributed by atoms with E-state index >= 15 is 0 Å². The van der Waals surface area contributed by atoms with E-state index in [1.54, 1.807) is 7.11 Å². The minimum absolute atomic E-state index is 0.173. The first-order valence-corrected chi connectivity index (χ1v) is 6.44. The predicted molar refractivity (Wildman–Crippen MR) is 71.9 cm³/mol. The number of rotatable bonds is 6. The number of ether oxygens (including phenoxy) is 2. The molecule has 0 bridgehead atoms. The van der Waals surface area contributed by atoms with Crippen LogP contribution in [-0.2, 0) is 11.3 Å². The first-order valence-electron chi connectivity index (χ1n) is 6.44. The maximum Gasteiger partial charge on any atom is 0.272 e. The molecule has 0 atom stereocenters. The van der Waals surface area contributed by atoms with Gasteiger partial charge in [-0.15, -0.1) is 0 Å². The highest BCUT2D eigenvalue weighted by atomic mass is 19.3. The van der Waals surface area contributed by atoms with Crippen LogP contribution in [0.4, 0.5) is 8.78 Å². The van der Waals surface area contributed by atoms with E-state index in [9.17, 15) is 8.78 Å². The van der Waals surface area contributed by atoms with Crippen LogP contribution in [-0.4, -0.2) is 25.1 Å². The number of aromatic nitrogens is 1. The molecule has 0 unspecified atom stereocenters. The summed E-state index contributed by atoms with van der Waals surface area (Å²) in [6, 6.07) is 3.65. The highest BCUT2D eigenvalue weighted by molar-refractivity contribution is 5.30. The summed E-state index contributed by atoms with van der Waals surface area (Å²) in [5.74, 6) is 0.446. The van der Waals surface area contributed by atoms with Gasteiger partial charge in [0.2, 0.25) is 5.88 Å². The second-order valence-electron chi connectivity index (χ2n) is 3.99. The molecule has 1 heterocycles. The standard InChI is InChI=1S/C12H17F2NO2.C2H6/c1-8(2)10-5-4-9(6-16-3)15-12(10)17-7-11(13)14;1-2/h4-5,8,11H,6-7H2,1-3H3;1-2H3. The van der Waals surface area contributed by atoms with Crippen LogP contribution in [0.5, 0.6) is 5.88 Å². The van der Waals surface area contributed by atoms with Crippen LogP contribution >= 0.6 is 0 Å². The number of alkyl halides is 2. The monoisotopic (exact) mass is 275 g/mol. The van der Waals surface area contributed by atoms with Gasteiger partial charge in [-0.3, -0.25) is 0 Å². The number of nitrogens with zero attached hydrogens (tertiary/aromatic N) is 1. The van der Waals surface area contributed by atoms with E-state index in [1.165, 1.54) is 0 Å². The minimum Gasteiger partial charge on any atom is -0.471 e. The molecule has 0 aliphatic carbocycles. The fourth-order valence-electron chi connectivity index (χ4n) is 1.41. The highest BCUT2D eigenvalue weighted by Crippen LogP contribution is 2.25. The number of hydrogen-bond acceptors (Lipinski definition) is 3. The van der Waals surface area contributed by atoms with Crippen molar-refractivity contribution in [3.8, 4) is 5.88 Å². The fraction of sp³-hybridized carbons (Fsp3) is 0.643. The Balaban J connectivity index is 0.00000154. The smallest absolute Gasteiger partial charge is 0.272 e. The Morgan fingerprint density at radius 1 is 1.21 bits per heavy atom. The maximum absolute atomic E-state index is 12.1. The highest BCUT2D eigenvalue weighted by Gasteiger charge is 2.13.